The van der Waals surface area contributed by atoms with Gasteiger partial charge in [-0.25, -0.2) is 4.79 Å². The molecule has 3 nitrogen and oxygen atoms in total. The van der Waals surface area contributed by atoms with Gasteiger partial charge in [0.15, 0.2) is 0 Å². The Hall–Kier alpha value is -1.61. The topological polar surface area (TPSA) is 39.2 Å². The summed E-state index contributed by atoms with van der Waals surface area (Å²) >= 11 is 6.29. The number of hydrogen-bond donors (Lipinski definition) is 0. The molecular formula is C15H16ClNO2. The van der Waals surface area contributed by atoms with Crippen LogP contribution in [0.4, 0.5) is 0 Å². The summed E-state index contributed by atoms with van der Waals surface area (Å²) < 4.78 is 4.70. The number of esters is 1. The van der Waals surface area contributed by atoms with Crippen molar-refractivity contribution in [2.45, 2.75) is 26.2 Å². The molecule has 0 aliphatic rings. The number of nitrogens with zero attached hydrogens (tertiary/aromatic N) is 1. The lowest BCUT2D eigenvalue weighted by Gasteiger charge is -2.11. The number of methoxy groups -OCH3 is 1. The molecule has 0 saturated carbocycles. The van der Waals surface area contributed by atoms with Crippen molar-refractivity contribution in [1.82, 2.24) is 4.98 Å². The normalized spacial score (nSPS) is 12.4. The van der Waals surface area contributed by atoms with Gasteiger partial charge in [-0.3, -0.25) is 4.98 Å². The number of carbonyl (C=O) groups excluding carboxylic acids is 1. The lowest BCUT2D eigenvalue weighted by molar-refractivity contribution is 0.0600. The Bertz CT molecular complexity index is 625. The van der Waals surface area contributed by atoms with Crippen molar-refractivity contribution in [3.05, 3.63) is 40.5 Å². The molecule has 4 heteroatoms. The number of carbonyl (C=O) groups is 1. The largest absolute Gasteiger partial charge is 0.465 e. The van der Waals surface area contributed by atoms with Crippen molar-refractivity contribution in [1.29, 1.82) is 0 Å². The van der Waals surface area contributed by atoms with Gasteiger partial charge in [0.1, 0.15) is 0 Å². The molecular weight excluding hydrogens is 262 g/mol. The van der Waals surface area contributed by atoms with Gasteiger partial charge < -0.3 is 4.74 Å². The van der Waals surface area contributed by atoms with E-state index < -0.39 is 5.97 Å². The fraction of sp³-hybridized carbons (Fsp3) is 0.333. The van der Waals surface area contributed by atoms with Crippen LogP contribution in [0.1, 0.15) is 42.1 Å². The Labute approximate surface area is 117 Å². The van der Waals surface area contributed by atoms with Crippen LogP contribution in [-0.4, -0.2) is 18.1 Å². The zero-order valence-corrected chi connectivity index (χ0v) is 12.0. The maximum Gasteiger partial charge on any atom is 0.340 e. The van der Waals surface area contributed by atoms with Crippen LogP contribution in [0.25, 0.3) is 10.9 Å². The Kier molecular flexibility index (Phi) is 4.05. The van der Waals surface area contributed by atoms with Gasteiger partial charge in [0.2, 0.25) is 0 Å². The van der Waals surface area contributed by atoms with Crippen LogP contribution in [0.15, 0.2) is 24.4 Å². The lowest BCUT2D eigenvalue weighted by atomic mass is 9.97. The highest BCUT2D eigenvalue weighted by Gasteiger charge is 2.15. The van der Waals surface area contributed by atoms with E-state index in [4.69, 9.17) is 16.3 Å². The molecule has 0 fully saturated rings. The fourth-order valence-electron chi connectivity index (χ4n) is 1.97. The third-order valence-electron chi connectivity index (χ3n) is 3.41. The highest BCUT2D eigenvalue weighted by molar-refractivity contribution is 6.38. The minimum absolute atomic E-state index is 0.304. The van der Waals surface area contributed by atoms with Crippen molar-refractivity contribution in [2.24, 2.45) is 0 Å². The fourth-order valence-corrected chi connectivity index (χ4v) is 2.25. The summed E-state index contributed by atoms with van der Waals surface area (Å²) in [4.78, 5) is 15.9. The minimum atomic E-state index is -0.464. The molecule has 0 aliphatic heterocycles. The van der Waals surface area contributed by atoms with Crippen LogP contribution >= 0.6 is 11.6 Å². The van der Waals surface area contributed by atoms with E-state index in [0.717, 1.165) is 17.3 Å². The molecule has 0 spiro atoms. The molecule has 1 atom stereocenters. The zero-order valence-electron chi connectivity index (χ0n) is 11.2. The first-order chi connectivity index (χ1) is 9.08. The monoisotopic (exact) mass is 277 g/mol. The van der Waals surface area contributed by atoms with Crippen LogP contribution in [0.3, 0.4) is 0 Å². The second-order valence-electron chi connectivity index (χ2n) is 4.56. The Morgan fingerprint density at radius 3 is 2.84 bits per heavy atom. The smallest absolute Gasteiger partial charge is 0.340 e. The van der Waals surface area contributed by atoms with Crippen molar-refractivity contribution < 1.29 is 9.53 Å². The number of fused-ring (bicyclic) bond motifs is 1. The third-order valence-corrected chi connectivity index (χ3v) is 3.82. The molecule has 1 heterocycles. The summed E-state index contributed by atoms with van der Waals surface area (Å²) in [5, 5.41) is 1.20. The van der Waals surface area contributed by atoms with Crippen LogP contribution < -0.4 is 0 Å². The predicted molar refractivity (Wildman–Crippen MR) is 76.8 cm³/mol. The van der Waals surface area contributed by atoms with Gasteiger partial charge in [-0.2, -0.15) is 0 Å². The van der Waals surface area contributed by atoms with E-state index in [-0.39, 0.29) is 0 Å². The molecule has 0 radical (unpaired) electrons. The summed E-state index contributed by atoms with van der Waals surface area (Å²) in [6, 6.07) is 5.99. The summed E-state index contributed by atoms with van der Waals surface area (Å²) in [7, 11) is 1.33. The predicted octanol–water partition coefficient (Wildman–Crippen LogP) is 4.19. The molecule has 0 N–H and O–H groups in total. The van der Waals surface area contributed by atoms with Gasteiger partial charge in [-0.1, -0.05) is 31.5 Å². The lowest BCUT2D eigenvalue weighted by Crippen LogP contribution is -2.03. The van der Waals surface area contributed by atoms with E-state index in [1.165, 1.54) is 18.9 Å². The number of aromatic nitrogens is 1. The van der Waals surface area contributed by atoms with Crippen LogP contribution in [0, 0.1) is 0 Å². The molecule has 2 aromatic rings. The Morgan fingerprint density at radius 1 is 1.47 bits per heavy atom. The SMILES string of the molecule is CCC(C)c1ccc2ncc(C(=O)OC)c(Cl)c2c1. The molecule has 1 unspecified atom stereocenters. The average Bonchev–Trinajstić information content (AvgIpc) is 2.45. The first-order valence-electron chi connectivity index (χ1n) is 6.25. The van der Waals surface area contributed by atoms with E-state index in [2.05, 4.69) is 24.9 Å². The highest BCUT2D eigenvalue weighted by Crippen LogP contribution is 2.29. The highest BCUT2D eigenvalue weighted by atomic mass is 35.5. The second-order valence-corrected chi connectivity index (χ2v) is 4.94. The Balaban J connectivity index is 2.62. The Morgan fingerprint density at radius 2 is 2.21 bits per heavy atom. The number of rotatable bonds is 3. The molecule has 1 aromatic heterocycles. The third kappa shape index (κ3) is 2.56. The first kappa shape index (κ1) is 13.8. The quantitative estimate of drug-likeness (QED) is 0.790. The van der Waals surface area contributed by atoms with Crippen molar-refractivity contribution >= 4 is 28.5 Å². The second kappa shape index (κ2) is 5.57. The van der Waals surface area contributed by atoms with Crippen molar-refractivity contribution in [3.63, 3.8) is 0 Å². The number of pyridine rings is 1. The van der Waals surface area contributed by atoms with Crippen LogP contribution in [-0.2, 0) is 4.74 Å². The van der Waals surface area contributed by atoms with Crippen molar-refractivity contribution in [2.75, 3.05) is 7.11 Å². The zero-order chi connectivity index (χ0) is 14.0. The number of hydrogen-bond acceptors (Lipinski definition) is 3. The number of benzene rings is 1. The molecule has 0 saturated heterocycles. The molecule has 19 heavy (non-hydrogen) atoms. The van der Waals surface area contributed by atoms with Gasteiger partial charge in [0, 0.05) is 11.6 Å². The van der Waals surface area contributed by atoms with E-state index in [1.54, 1.807) is 0 Å². The van der Waals surface area contributed by atoms with Crippen molar-refractivity contribution in [3.8, 4) is 0 Å². The first-order valence-corrected chi connectivity index (χ1v) is 6.62. The summed E-state index contributed by atoms with van der Waals surface area (Å²) in [5.41, 5.74) is 2.28. The van der Waals surface area contributed by atoms with E-state index in [0.29, 0.717) is 16.5 Å². The van der Waals surface area contributed by atoms with Gasteiger partial charge in [0.25, 0.3) is 0 Å². The van der Waals surface area contributed by atoms with Gasteiger partial charge in [-0.05, 0) is 30.0 Å². The van der Waals surface area contributed by atoms with Gasteiger partial charge in [-0.15, -0.1) is 0 Å². The molecule has 0 aliphatic carbocycles. The number of halogens is 1. The van der Waals surface area contributed by atoms with Crippen LogP contribution in [0.2, 0.25) is 5.02 Å². The average molecular weight is 278 g/mol. The van der Waals surface area contributed by atoms with Gasteiger partial charge in [0.05, 0.1) is 23.2 Å². The molecule has 100 valence electrons. The van der Waals surface area contributed by atoms with Gasteiger partial charge >= 0.3 is 5.97 Å². The van der Waals surface area contributed by atoms with E-state index in [9.17, 15) is 4.79 Å². The summed E-state index contributed by atoms with van der Waals surface area (Å²) in [6.45, 7) is 4.30. The minimum Gasteiger partial charge on any atom is -0.465 e. The maximum atomic E-state index is 11.6. The summed E-state index contributed by atoms with van der Waals surface area (Å²) in [5.74, 6) is -0.0180. The number of ether oxygens (including phenoxy) is 1. The standard InChI is InChI=1S/C15H16ClNO2/c1-4-9(2)10-5-6-13-11(7-10)14(16)12(8-17-13)15(18)19-3/h5-9H,4H2,1-3H3. The molecule has 0 bridgehead atoms. The molecule has 2 rings (SSSR count). The molecule has 0 amide bonds. The summed E-state index contributed by atoms with van der Waals surface area (Å²) in [6.07, 6.45) is 2.51. The van der Waals surface area contributed by atoms with E-state index in [1.807, 2.05) is 12.1 Å². The molecule has 1 aromatic carbocycles. The van der Waals surface area contributed by atoms with E-state index >= 15 is 0 Å². The maximum absolute atomic E-state index is 11.6. The van der Waals surface area contributed by atoms with Crippen LogP contribution in [0.5, 0.6) is 0 Å².